The van der Waals surface area contributed by atoms with Crippen LogP contribution in [0, 0.1) is 4.77 Å². The molecule has 0 radical (unpaired) electrons. The minimum atomic E-state index is -1.07. The summed E-state index contributed by atoms with van der Waals surface area (Å²) in [6, 6.07) is 12.2. The van der Waals surface area contributed by atoms with Crippen LogP contribution in [-0.4, -0.2) is 37.1 Å². The van der Waals surface area contributed by atoms with Crippen molar-refractivity contribution in [3.05, 3.63) is 73.7 Å². The summed E-state index contributed by atoms with van der Waals surface area (Å²) in [6.45, 7) is -0.131. The fraction of sp³-hybridized carbons (Fsp3) is 0.200. The number of hydrogen-bond donors (Lipinski definition) is 2. The molecule has 4 rings (SSSR count). The summed E-state index contributed by atoms with van der Waals surface area (Å²) in [6.07, 6.45) is -0.323. The predicted octanol–water partition coefficient (Wildman–Crippen LogP) is 5.23. The summed E-state index contributed by atoms with van der Waals surface area (Å²) in [4.78, 5) is 24.6. The maximum absolute atomic E-state index is 13.3. The second-order valence-electron chi connectivity index (χ2n) is 6.91. The zero-order valence-electron chi connectivity index (χ0n) is 16.6. The number of carbonyl (C=O) groups is 2. The molecule has 1 aliphatic rings. The monoisotopic (exact) mass is 544 g/mol. The fourth-order valence-corrected chi connectivity index (χ4v) is 5.88. The molecule has 2 aromatic carbocycles. The summed E-state index contributed by atoms with van der Waals surface area (Å²) in [5, 5.41) is 17.0. The molecule has 1 aromatic heterocycles. The van der Waals surface area contributed by atoms with Crippen molar-refractivity contribution in [1.29, 1.82) is 0 Å². The van der Waals surface area contributed by atoms with Crippen molar-refractivity contribution >= 4 is 70.7 Å². The molecule has 0 saturated carbocycles. The largest absolute Gasteiger partial charge is 0.482 e. The lowest BCUT2D eigenvalue weighted by Gasteiger charge is -2.25. The molecule has 2 heterocycles. The number of H-pyrrole nitrogens is 1. The van der Waals surface area contributed by atoms with E-state index in [4.69, 9.17) is 51.8 Å². The third-order valence-electron chi connectivity index (χ3n) is 4.70. The molecule has 1 saturated heterocycles. The minimum absolute atomic E-state index is 0.131. The molecule has 13 heteroatoms. The first-order chi connectivity index (χ1) is 15.8. The SMILES string of the molecule is O=C(O)CC1SC(c2ccccc2)N(n2c(COc3c(Cl)cc(Cl)cc3Cl)n[nH]c2=S)C1=O. The molecule has 1 fully saturated rings. The Labute approximate surface area is 212 Å². The highest BCUT2D eigenvalue weighted by Gasteiger charge is 2.44. The summed E-state index contributed by atoms with van der Waals surface area (Å²) in [5.41, 5.74) is 0.808. The number of ether oxygens (including phenoxy) is 1. The molecule has 8 nitrogen and oxygen atoms in total. The standard InChI is InChI=1S/C20H15Cl3N4O4S2/c21-11-6-12(22)17(13(23)7-11)31-9-15-24-25-20(32)26(15)27-18(30)14(8-16(28)29)33-19(27)10-4-2-1-3-5-10/h1-7,14,19H,8-9H2,(H,25,32)(H,28,29). The van der Waals surface area contributed by atoms with E-state index in [2.05, 4.69) is 10.2 Å². The molecular formula is C20H15Cl3N4O4S2. The molecule has 2 N–H and O–H groups in total. The fourth-order valence-electron chi connectivity index (χ4n) is 3.31. The van der Waals surface area contributed by atoms with Crippen LogP contribution in [0.1, 0.15) is 23.2 Å². The van der Waals surface area contributed by atoms with Crippen molar-refractivity contribution < 1.29 is 19.4 Å². The summed E-state index contributed by atoms with van der Waals surface area (Å²) in [5.74, 6) is -1.000. The number of aliphatic carboxylic acids is 1. The highest BCUT2D eigenvalue weighted by molar-refractivity contribution is 8.01. The van der Waals surface area contributed by atoms with Crippen molar-refractivity contribution in [3.8, 4) is 5.75 Å². The summed E-state index contributed by atoms with van der Waals surface area (Å²) >= 11 is 25.0. The van der Waals surface area contributed by atoms with Gasteiger partial charge >= 0.3 is 5.97 Å². The van der Waals surface area contributed by atoms with E-state index < -0.39 is 22.5 Å². The van der Waals surface area contributed by atoms with Gasteiger partial charge in [-0.1, -0.05) is 65.1 Å². The average molecular weight is 546 g/mol. The van der Waals surface area contributed by atoms with Crippen LogP contribution in [0.5, 0.6) is 5.75 Å². The van der Waals surface area contributed by atoms with E-state index in [1.165, 1.54) is 33.6 Å². The Morgan fingerprint density at radius 3 is 2.52 bits per heavy atom. The molecule has 0 spiro atoms. The van der Waals surface area contributed by atoms with Crippen molar-refractivity contribution in [3.63, 3.8) is 0 Å². The second-order valence-corrected chi connectivity index (χ2v) is 9.84. The first-order valence-electron chi connectivity index (χ1n) is 9.45. The van der Waals surface area contributed by atoms with E-state index in [0.717, 1.165) is 5.56 Å². The molecule has 0 aliphatic carbocycles. The zero-order valence-corrected chi connectivity index (χ0v) is 20.5. The number of carboxylic acid groups (broad SMARTS) is 1. The first kappa shape index (κ1) is 23.9. The lowest BCUT2D eigenvalue weighted by molar-refractivity contribution is -0.138. The quantitative estimate of drug-likeness (QED) is 0.392. The van der Waals surface area contributed by atoms with E-state index in [9.17, 15) is 14.7 Å². The van der Waals surface area contributed by atoms with E-state index in [1.54, 1.807) is 0 Å². The number of nitrogens with zero attached hydrogens (tertiary/aromatic N) is 3. The van der Waals surface area contributed by atoms with Crippen LogP contribution >= 0.6 is 58.8 Å². The number of aromatic nitrogens is 3. The zero-order chi connectivity index (χ0) is 23.7. The third kappa shape index (κ3) is 4.99. The minimum Gasteiger partial charge on any atom is -0.482 e. The van der Waals surface area contributed by atoms with Gasteiger partial charge in [0.1, 0.15) is 12.0 Å². The van der Waals surface area contributed by atoms with Gasteiger partial charge in [0.15, 0.2) is 11.6 Å². The highest BCUT2D eigenvalue weighted by Crippen LogP contribution is 2.43. The van der Waals surface area contributed by atoms with Crippen molar-refractivity contribution in [2.45, 2.75) is 23.7 Å². The number of thioether (sulfide) groups is 1. The van der Waals surface area contributed by atoms with Gasteiger partial charge in [0, 0.05) is 5.02 Å². The van der Waals surface area contributed by atoms with Crippen LogP contribution in [0.3, 0.4) is 0 Å². The van der Waals surface area contributed by atoms with Gasteiger partial charge < -0.3 is 9.84 Å². The van der Waals surface area contributed by atoms with Crippen molar-refractivity contribution in [2.24, 2.45) is 0 Å². The van der Waals surface area contributed by atoms with E-state index in [0.29, 0.717) is 5.02 Å². The van der Waals surface area contributed by atoms with Gasteiger partial charge in [-0.25, -0.2) is 9.69 Å². The number of carboxylic acids is 1. The molecule has 172 valence electrons. The number of halogens is 3. The lowest BCUT2D eigenvalue weighted by atomic mass is 10.2. The van der Waals surface area contributed by atoms with Gasteiger partial charge in [-0.3, -0.25) is 14.7 Å². The van der Waals surface area contributed by atoms with E-state index in [-0.39, 0.29) is 39.4 Å². The van der Waals surface area contributed by atoms with Gasteiger partial charge in [-0.15, -0.1) is 11.8 Å². The molecule has 33 heavy (non-hydrogen) atoms. The maximum atomic E-state index is 13.3. The molecular weight excluding hydrogens is 531 g/mol. The van der Waals surface area contributed by atoms with Crippen LogP contribution in [0.15, 0.2) is 42.5 Å². The number of hydrogen-bond acceptors (Lipinski definition) is 6. The average Bonchev–Trinajstić information content (AvgIpc) is 3.26. The van der Waals surface area contributed by atoms with Crippen molar-refractivity contribution in [2.75, 3.05) is 5.01 Å². The normalized spacial score (nSPS) is 18.0. The molecule has 1 amide bonds. The van der Waals surface area contributed by atoms with Crippen LogP contribution in [0.25, 0.3) is 0 Å². The molecule has 3 aromatic rings. The molecule has 2 atom stereocenters. The molecule has 0 bridgehead atoms. The topological polar surface area (TPSA) is 100 Å². The molecule has 1 aliphatic heterocycles. The summed E-state index contributed by atoms with van der Waals surface area (Å²) in [7, 11) is 0. The third-order valence-corrected chi connectivity index (χ3v) is 7.17. The first-order valence-corrected chi connectivity index (χ1v) is 11.9. The van der Waals surface area contributed by atoms with Gasteiger partial charge in [-0.2, -0.15) is 5.10 Å². The van der Waals surface area contributed by atoms with Gasteiger partial charge in [0.25, 0.3) is 5.91 Å². The van der Waals surface area contributed by atoms with Gasteiger partial charge in [0.2, 0.25) is 4.77 Å². The Bertz CT molecular complexity index is 1240. The van der Waals surface area contributed by atoms with Crippen LogP contribution in [0.2, 0.25) is 15.1 Å². The predicted molar refractivity (Wildman–Crippen MR) is 129 cm³/mol. The number of carbonyl (C=O) groups excluding carboxylic acids is 1. The van der Waals surface area contributed by atoms with E-state index in [1.807, 2.05) is 30.3 Å². The number of aromatic amines is 1. The smallest absolute Gasteiger partial charge is 0.305 e. The Morgan fingerprint density at radius 1 is 1.21 bits per heavy atom. The molecule has 2 unspecified atom stereocenters. The van der Waals surface area contributed by atoms with Crippen LogP contribution < -0.4 is 9.75 Å². The Kier molecular flexibility index (Phi) is 7.20. The Morgan fingerprint density at radius 2 is 1.88 bits per heavy atom. The lowest BCUT2D eigenvalue weighted by Crippen LogP contribution is -2.41. The number of benzene rings is 2. The van der Waals surface area contributed by atoms with Crippen molar-refractivity contribution in [1.82, 2.24) is 14.9 Å². The van der Waals surface area contributed by atoms with Crippen LogP contribution in [-0.2, 0) is 16.2 Å². The Balaban J connectivity index is 1.70. The van der Waals surface area contributed by atoms with E-state index >= 15 is 0 Å². The maximum Gasteiger partial charge on any atom is 0.305 e. The second kappa shape index (κ2) is 9.94. The number of nitrogens with one attached hydrogen (secondary N) is 1. The number of rotatable bonds is 7. The number of amides is 1. The highest BCUT2D eigenvalue weighted by atomic mass is 35.5. The van der Waals surface area contributed by atoms with Gasteiger partial charge in [0.05, 0.1) is 21.7 Å². The summed E-state index contributed by atoms with van der Waals surface area (Å²) < 4.78 is 7.34. The van der Waals surface area contributed by atoms with Crippen LogP contribution in [0.4, 0.5) is 0 Å². The van der Waals surface area contributed by atoms with Gasteiger partial charge in [-0.05, 0) is 29.9 Å². The Hall–Kier alpha value is -2.24.